The number of benzene rings is 1. The van der Waals surface area contributed by atoms with Crippen molar-refractivity contribution in [3.8, 4) is 11.5 Å². The Morgan fingerprint density at radius 1 is 1.12 bits per heavy atom. The number of carbonyl (C=O) groups excluding carboxylic acids is 1. The lowest BCUT2D eigenvalue weighted by Crippen LogP contribution is -2.43. The summed E-state index contributed by atoms with van der Waals surface area (Å²) in [5.74, 6) is 1.90. The van der Waals surface area contributed by atoms with Gasteiger partial charge in [-0.3, -0.25) is 19.5 Å². The van der Waals surface area contributed by atoms with Crippen LogP contribution in [0.15, 0.2) is 23.0 Å². The van der Waals surface area contributed by atoms with Crippen molar-refractivity contribution in [3.63, 3.8) is 0 Å². The first-order valence-corrected chi connectivity index (χ1v) is 11.4. The van der Waals surface area contributed by atoms with Crippen LogP contribution in [-0.4, -0.2) is 59.7 Å². The number of amides is 1. The van der Waals surface area contributed by atoms with Gasteiger partial charge in [-0.05, 0) is 50.7 Å². The van der Waals surface area contributed by atoms with Crippen LogP contribution in [0.1, 0.15) is 36.9 Å². The number of H-pyrrole nitrogens is 1. The van der Waals surface area contributed by atoms with Crippen LogP contribution in [-0.2, 0) is 17.6 Å². The van der Waals surface area contributed by atoms with Gasteiger partial charge in [0.05, 0.1) is 12.2 Å². The topological polar surface area (TPSA) is 109 Å². The largest absolute Gasteiger partial charge is 0.486 e. The molecule has 0 radical (unpaired) electrons. The normalized spacial score (nSPS) is 18.6. The van der Waals surface area contributed by atoms with Crippen LogP contribution < -0.4 is 25.7 Å². The summed E-state index contributed by atoms with van der Waals surface area (Å²) in [7, 11) is 0. The third-order valence-electron chi connectivity index (χ3n) is 6.31. The lowest BCUT2D eigenvalue weighted by atomic mass is 9.97. The van der Waals surface area contributed by atoms with E-state index in [4.69, 9.17) is 9.47 Å². The van der Waals surface area contributed by atoms with Gasteiger partial charge in [-0.2, -0.15) is 0 Å². The molecule has 9 nitrogen and oxygen atoms in total. The zero-order valence-electron chi connectivity index (χ0n) is 18.1. The van der Waals surface area contributed by atoms with Crippen molar-refractivity contribution >= 4 is 17.5 Å². The summed E-state index contributed by atoms with van der Waals surface area (Å²) in [5.41, 5.74) is 2.49. The highest BCUT2D eigenvalue weighted by Crippen LogP contribution is 2.32. The number of rotatable bonds is 5. The van der Waals surface area contributed by atoms with Crippen LogP contribution in [0.25, 0.3) is 0 Å². The Morgan fingerprint density at radius 2 is 1.91 bits per heavy atom. The first kappa shape index (κ1) is 20.8. The molecule has 3 heterocycles. The zero-order valence-corrected chi connectivity index (χ0v) is 18.1. The molecular formula is C23H29N5O4. The summed E-state index contributed by atoms with van der Waals surface area (Å²) < 4.78 is 11.1. The Bertz CT molecular complexity index is 1050. The second-order valence-electron chi connectivity index (χ2n) is 8.65. The highest BCUT2D eigenvalue weighted by Gasteiger charge is 2.23. The minimum atomic E-state index is -0.0474. The quantitative estimate of drug-likeness (QED) is 0.653. The summed E-state index contributed by atoms with van der Waals surface area (Å²) in [6.07, 6.45) is 5.63. The molecule has 3 aliphatic rings. The van der Waals surface area contributed by atoms with E-state index in [-0.39, 0.29) is 17.5 Å². The van der Waals surface area contributed by atoms with E-state index in [2.05, 4.69) is 25.5 Å². The van der Waals surface area contributed by atoms with E-state index >= 15 is 0 Å². The number of aromatic amines is 1. The average Bonchev–Trinajstić information content (AvgIpc) is 2.80. The molecule has 9 heteroatoms. The molecule has 1 aromatic carbocycles. The first-order valence-electron chi connectivity index (χ1n) is 11.4. The van der Waals surface area contributed by atoms with Crippen molar-refractivity contribution in [3.05, 3.63) is 39.8 Å². The van der Waals surface area contributed by atoms with Gasteiger partial charge in [-0.1, -0.05) is 0 Å². The van der Waals surface area contributed by atoms with Crippen LogP contribution in [0, 0.1) is 0 Å². The Morgan fingerprint density at radius 3 is 2.75 bits per heavy atom. The van der Waals surface area contributed by atoms with Crippen molar-refractivity contribution in [2.24, 2.45) is 0 Å². The number of ether oxygens (including phenoxy) is 2. The fraction of sp³-hybridized carbons (Fsp3) is 0.522. The van der Waals surface area contributed by atoms with E-state index in [9.17, 15) is 9.59 Å². The van der Waals surface area contributed by atoms with E-state index in [1.54, 1.807) is 6.07 Å². The summed E-state index contributed by atoms with van der Waals surface area (Å²) in [6, 6.07) is 5.68. The van der Waals surface area contributed by atoms with Gasteiger partial charge in [0.2, 0.25) is 11.9 Å². The van der Waals surface area contributed by atoms with Crippen molar-refractivity contribution in [2.45, 2.75) is 44.6 Å². The Hall–Kier alpha value is -3.07. The van der Waals surface area contributed by atoms with Gasteiger partial charge in [0.15, 0.2) is 11.5 Å². The molecule has 1 aliphatic carbocycles. The van der Waals surface area contributed by atoms with Gasteiger partial charge < -0.3 is 20.1 Å². The number of likely N-dealkylation sites (tertiary alicyclic amines) is 1. The molecule has 0 spiro atoms. The minimum Gasteiger partial charge on any atom is -0.486 e. The number of nitrogens with zero attached hydrogens (tertiary/aromatic N) is 2. The molecule has 1 amide bonds. The lowest BCUT2D eigenvalue weighted by Gasteiger charge is -2.32. The molecular weight excluding hydrogens is 410 g/mol. The minimum absolute atomic E-state index is 0.00885. The maximum absolute atomic E-state index is 12.5. The predicted octanol–water partition coefficient (Wildman–Crippen LogP) is 1.93. The monoisotopic (exact) mass is 439 g/mol. The van der Waals surface area contributed by atoms with Crippen molar-refractivity contribution in [1.82, 2.24) is 14.9 Å². The summed E-state index contributed by atoms with van der Waals surface area (Å²) >= 11 is 0. The molecule has 0 unspecified atom stereocenters. The van der Waals surface area contributed by atoms with Crippen LogP contribution in [0.4, 0.5) is 11.6 Å². The Kier molecular flexibility index (Phi) is 5.98. The van der Waals surface area contributed by atoms with E-state index < -0.39 is 0 Å². The number of hydrogen-bond acceptors (Lipinski definition) is 7. The van der Waals surface area contributed by atoms with Gasteiger partial charge in [0.1, 0.15) is 13.2 Å². The standard InChI is InChI=1S/C23H29N5O4/c29-21(24-16-5-6-19-20(13-16)32-12-11-31-19)14-28-9-7-15(8-10-28)25-23-26-18-4-2-1-3-17(18)22(30)27-23/h5-6,13,15H,1-4,7-12,14H2,(H,24,29)(H2,25,26,27,30). The number of hydrogen-bond donors (Lipinski definition) is 3. The Balaban J connectivity index is 1.11. The number of aromatic nitrogens is 2. The summed E-state index contributed by atoms with van der Waals surface area (Å²) in [6.45, 7) is 3.02. The van der Waals surface area contributed by atoms with Crippen molar-refractivity contribution in [2.75, 3.05) is 43.5 Å². The number of nitrogens with one attached hydrogen (secondary N) is 3. The first-order chi connectivity index (χ1) is 15.6. The second-order valence-corrected chi connectivity index (χ2v) is 8.65. The van der Waals surface area contributed by atoms with Gasteiger partial charge in [-0.15, -0.1) is 0 Å². The predicted molar refractivity (Wildman–Crippen MR) is 121 cm³/mol. The molecule has 1 fully saturated rings. The molecule has 0 saturated carbocycles. The summed E-state index contributed by atoms with van der Waals surface area (Å²) in [4.78, 5) is 34.5. The molecule has 170 valence electrons. The highest BCUT2D eigenvalue weighted by atomic mass is 16.6. The van der Waals surface area contributed by atoms with Gasteiger partial charge in [0.25, 0.3) is 5.56 Å². The second kappa shape index (κ2) is 9.20. The molecule has 5 rings (SSSR count). The van der Waals surface area contributed by atoms with Crippen LogP contribution >= 0.6 is 0 Å². The number of piperidine rings is 1. The fourth-order valence-corrected chi connectivity index (χ4v) is 4.63. The van der Waals surface area contributed by atoms with Crippen LogP contribution in [0.5, 0.6) is 11.5 Å². The van der Waals surface area contributed by atoms with Gasteiger partial charge in [0, 0.05) is 36.4 Å². The van der Waals surface area contributed by atoms with Crippen molar-refractivity contribution < 1.29 is 14.3 Å². The SMILES string of the molecule is O=C(CN1CCC(Nc2nc3c(c(=O)[nH]2)CCCC3)CC1)Nc1ccc2c(c1)OCCO2. The smallest absolute Gasteiger partial charge is 0.255 e. The van der Waals surface area contributed by atoms with Crippen molar-refractivity contribution in [1.29, 1.82) is 0 Å². The molecule has 2 aromatic rings. The molecule has 0 bridgehead atoms. The molecule has 0 atom stereocenters. The molecule has 32 heavy (non-hydrogen) atoms. The molecule has 1 saturated heterocycles. The maximum Gasteiger partial charge on any atom is 0.255 e. The number of aryl methyl sites for hydroxylation is 1. The van der Waals surface area contributed by atoms with E-state index in [0.717, 1.165) is 62.9 Å². The number of anilines is 2. The van der Waals surface area contributed by atoms with E-state index in [1.807, 2.05) is 12.1 Å². The molecule has 1 aromatic heterocycles. The fourth-order valence-electron chi connectivity index (χ4n) is 4.63. The maximum atomic E-state index is 12.5. The Labute approximate surface area is 186 Å². The third kappa shape index (κ3) is 4.72. The number of carbonyl (C=O) groups is 1. The van der Waals surface area contributed by atoms with E-state index in [0.29, 0.717) is 42.9 Å². The van der Waals surface area contributed by atoms with E-state index in [1.165, 1.54) is 0 Å². The van der Waals surface area contributed by atoms with Crippen LogP contribution in [0.2, 0.25) is 0 Å². The molecule has 3 N–H and O–H groups in total. The molecule has 2 aliphatic heterocycles. The number of fused-ring (bicyclic) bond motifs is 2. The van der Waals surface area contributed by atoms with Crippen LogP contribution in [0.3, 0.4) is 0 Å². The summed E-state index contributed by atoms with van der Waals surface area (Å²) in [5, 5.41) is 6.34. The third-order valence-corrected chi connectivity index (χ3v) is 6.31. The van der Waals surface area contributed by atoms with Gasteiger partial charge in [-0.25, -0.2) is 4.98 Å². The lowest BCUT2D eigenvalue weighted by molar-refractivity contribution is -0.117. The zero-order chi connectivity index (χ0) is 21.9. The van der Waals surface area contributed by atoms with Gasteiger partial charge >= 0.3 is 0 Å². The average molecular weight is 440 g/mol. The highest BCUT2D eigenvalue weighted by molar-refractivity contribution is 5.92.